The van der Waals surface area contributed by atoms with Crippen molar-refractivity contribution in [2.75, 3.05) is 10.6 Å². The third-order valence-corrected chi connectivity index (χ3v) is 4.18. The van der Waals surface area contributed by atoms with Gasteiger partial charge in [0.25, 0.3) is 0 Å². The van der Waals surface area contributed by atoms with Crippen molar-refractivity contribution in [1.29, 1.82) is 0 Å². The second-order valence-electron chi connectivity index (χ2n) is 6.04. The maximum absolute atomic E-state index is 11.4. The Morgan fingerprint density at radius 3 is 2.74 bits per heavy atom. The Balaban J connectivity index is 1.88. The number of carboxylic acids is 1. The van der Waals surface area contributed by atoms with Gasteiger partial charge in [-0.15, -0.1) is 0 Å². The number of pyridine rings is 1. The summed E-state index contributed by atoms with van der Waals surface area (Å²) in [5.41, 5.74) is 2.09. The summed E-state index contributed by atoms with van der Waals surface area (Å²) < 4.78 is 1.89. The molecule has 8 heteroatoms. The van der Waals surface area contributed by atoms with Crippen LogP contribution in [0.25, 0.3) is 0 Å². The van der Waals surface area contributed by atoms with Crippen LogP contribution in [0.5, 0.6) is 0 Å². The van der Waals surface area contributed by atoms with Gasteiger partial charge in [-0.25, -0.2) is 14.5 Å². The fourth-order valence-electron chi connectivity index (χ4n) is 2.69. The van der Waals surface area contributed by atoms with Gasteiger partial charge in [0.05, 0.1) is 33.9 Å². The quantitative estimate of drug-likeness (QED) is 0.539. The van der Waals surface area contributed by atoms with Gasteiger partial charge in [0.15, 0.2) is 0 Å². The Bertz CT molecular complexity index is 970. The Labute approximate surface area is 162 Å². The molecule has 0 aliphatic carbocycles. The summed E-state index contributed by atoms with van der Waals surface area (Å²) in [5, 5.41) is 20.5. The zero-order chi connectivity index (χ0) is 19.4. The zero-order valence-electron chi connectivity index (χ0n) is 15.0. The van der Waals surface area contributed by atoms with Gasteiger partial charge < -0.3 is 15.7 Å². The minimum Gasteiger partial charge on any atom is -0.478 e. The molecule has 0 fully saturated rings. The standard InChI is InChI=1S/C19H20ClN5O2/c1-3-8-25-18(9-12(2)24-25)23-17-10-16(14(20)11-21-17)22-15-7-5-4-6-13(15)19(26)27/h4-7,9-11H,3,8H2,1-2H3,(H,26,27)(H2,21,22,23). The second-order valence-corrected chi connectivity index (χ2v) is 6.45. The molecule has 3 aromatic rings. The summed E-state index contributed by atoms with van der Waals surface area (Å²) in [4.78, 5) is 15.7. The van der Waals surface area contributed by atoms with Crippen LogP contribution in [0.1, 0.15) is 29.4 Å². The third kappa shape index (κ3) is 4.38. The molecule has 0 atom stereocenters. The van der Waals surface area contributed by atoms with E-state index in [2.05, 4.69) is 27.6 Å². The lowest BCUT2D eigenvalue weighted by atomic mass is 10.1. The first kappa shape index (κ1) is 18.7. The summed E-state index contributed by atoms with van der Waals surface area (Å²) in [7, 11) is 0. The highest BCUT2D eigenvalue weighted by Gasteiger charge is 2.12. The van der Waals surface area contributed by atoms with Crippen molar-refractivity contribution in [2.45, 2.75) is 26.8 Å². The number of nitrogens with one attached hydrogen (secondary N) is 2. The lowest BCUT2D eigenvalue weighted by molar-refractivity contribution is 0.0698. The highest BCUT2D eigenvalue weighted by Crippen LogP contribution is 2.29. The van der Waals surface area contributed by atoms with E-state index in [1.165, 1.54) is 12.3 Å². The summed E-state index contributed by atoms with van der Waals surface area (Å²) in [6, 6.07) is 10.3. The molecule has 3 N–H and O–H groups in total. The van der Waals surface area contributed by atoms with Crippen LogP contribution < -0.4 is 10.6 Å². The molecular formula is C19H20ClN5O2. The van der Waals surface area contributed by atoms with E-state index in [-0.39, 0.29) is 5.56 Å². The number of para-hydroxylation sites is 1. The summed E-state index contributed by atoms with van der Waals surface area (Å²) in [5.74, 6) is 0.397. The Kier molecular flexibility index (Phi) is 5.61. The fourth-order valence-corrected chi connectivity index (χ4v) is 2.84. The molecule has 0 spiro atoms. The van der Waals surface area contributed by atoms with Gasteiger partial charge in [0, 0.05) is 18.7 Å². The lowest BCUT2D eigenvalue weighted by Crippen LogP contribution is -2.06. The van der Waals surface area contributed by atoms with Crippen molar-refractivity contribution in [1.82, 2.24) is 14.8 Å². The summed E-state index contributed by atoms with van der Waals surface area (Å²) in [6.45, 7) is 4.81. The first-order chi connectivity index (χ1) is 13.0. The van der Waals surface area contributed by atoms with Gasteiger partial charge >= 0.3 is 5.97 Å². The van der Waals surface area contributed by atoms with E-state index in [1.807, 2.05) is 17.7 Å². The van der Waals surface area contributed by atoms with E-state index >= 15 is 0 Å². The molecule has 140 valence electrons. The Morgan fingerprint density at radius 2 is 2.00 bits per heavy atom. The van der Waals surface area contributed by atoms with Gasteiger partial charge in [0.2, 0.25) is 0 Å². The molecule has 0 amide bonds. The first-order valence-corrected chi connectivity index (χ1v) is 8.92. The molecule has 2 heterocycles. The number of aromatic carboxylic acids is 1. The van der Waals surface area contributed by atoms with Crippen LogP contribution in [0.15, 0.2) is 42.6 Å². The van der Waals surface area contributed by atoms with Crippen molar-refractivity contribution in [3.05, 3.63) is 58.9 Å². The van der Waals surface area contributed by atoms with E-state index in [9.17, 15) is 9.90 Å². The molecule has 0 saturated heterocycles. The Hall–Kier alpha value is -3.06. The molecule has 1 aromatic carbocycles. The number of benzene rings is 1. The van der Waals surface area contributed by atoms with Crippen LogP contribution in [0.2, 0.25) is 5.02 Å². The number of carbonyl (C=O) groups is 1. The van der Waals surface area contributed by atoms with Crippen LogP contribution >= 0.6 is 11.6 Å². The zero-order valence-corrected chi connectivity index (χ0v) is 15.8. The third-order valence-electron chi connectivity index (χ3n) is 3.88. The lowest BCUT2D eigenvalue weighted by Gasteiger charge is -2.13. The average molecular weight is 386 g/mol. The van der Waals surface area contributed by atoms with E-state index in [4.69, 9.17) is 11.6 Å². The molecule has 27 heavy (non-hydrogen) atoms. The predicted octanol–water partition coefficient (Wildman–Crippen LogP) is 4.84. The largest absolute Gasteiger partial charge is 0.478 e. The van der Waals surface area contributed by atoms with Crippen LogP contribution in [0, 0.1) is 6.92 Å². The number of halogens is 1. The number of hydrogen-bond acceptors (Lipinski definition) is 5. The molecule has 7 nitrogen and oxygen atoms in total. The number of aryl methyl sites for hydroxylation is 2. The topological polar surface area (TPSA) is 92.1 Å². The first-order valence-electron chi connectivity index (χ1n) is 8.54. The molecule has 0 bridgehead atoms. The van der Waals surface area contributed by atoms with Crippen molar-refractivity contribution in [3.63, 3.8) is 0 Å². The van der Waals surface area contributed by atoms with E-state index < -0.39 is 5.97 Å². The van der Waals surface area contributed by atoms with Gasteiger partial charge in [-0.05, 0) is 25.5 Å². The summed E-state index contributed by atoms with van der Waals surface area (Å²) >= 11 is 6.25. The predicted molar refractivity (Wildman–Crippen MR) is 106 cm³/mol. The highest BCUT2D eigenvalue weighted by atomic mass is 35.5. The van der Waals surface area contributed by atoms with Crippen molar-refractivity contribution in [2.24, 2.45) is 0 Å². The van der Waals surface area contributed by atoms with Crippen molar-refractivity contribution < 1.29 is 9.90 Å². The molecule has 3 rings (SSSR count). The molecule has 2 aromatic heterocycles. The normalized spacial score (nSPS) is 10.6. The number of rotatable bonds is 7. The molecule has 0 unspecified atom stereocenters. The number of carboxylic acid groups (broad SMARTS) is 1. The average Bonchev–Trinajstić information content (AvgIpc) is 2.97. The maximum Gasteiger partial charge on any atom is 0.337 e. The molecule has 0 aliphatic heterocycles. The highest BCUT2D eigenvalue weighted by molar-refractivity contribution is 6.33. The van der Waals surface area contributed by atoms with Crippen molar-refractivity contribution in [3.8, 4) is 0 Å². The van der Waals surface area contributed by atoms with Crippen molar-refractivity contribution >= 4 is 40.6 Å². The van der Waals surface area contributed by atoms with E-state index in [0.29, 0.717) is 22.2 Å². The van der Waals surface area contributed by atoms with Gasteiger partial charge in [-0.2, -0.15) is 5.10 Å². The number of hydrogen-bond donors (Lipinski definition) is 3. The second kappa shape index (κ2) is 8.09. The molecule has 0 aliphatic rings. The minimum absolute atomic E-state index is 0.163. The van der Waals surface area contributed by atoms with Gasteiger partial charge in [-0.1, -0.05) is 30.7 Å². The SMILES string of the molecule is CCCn1nc(C)cc1Nc1cc(Nc2ccccc2C(=O)O)c(Cl)cn1. The van der Waals surface area contributed by atoms with Crippen LogP contribution in [-0.4, -0.2) is 25.8 Å². The molecular weight excluding hydrogens is 366 g/mol. The van der Waals surface area contributed by atoms with E-state index in [0.717, 1.165) is 24.5 Å². The summed E-state index contributed by atoms with van der Waals surface area (Å²) in [6.07, 6.45) is 2.48. The number of aromatic nitrogens is 3. The van der Waals surface area contributed by atoms with Gasteiger partial charge in [-0.3, -0.25) is 0 Å². The molecule has 0 saturated carbocycles. The minimum atomic E-state index is -1.01. The number of anilines is 4. The monoisotopic (exact) mass is 385 g/mol. The van der Waals surface area contributed by atoms with Crippen LogP contribution in [0.4, 0.5) is 23.0 Å². The van der Waals surface area contributed by atoms with Crippen LogP contribution in [-0.2, 0) is 6.54 Å². The Morgan fingerprint density at radius 1 is 1.22 bits per heavy atom. The number of nitrogens with zero attached hydrogens (tertiary/aromatic N) is 3. The van der Waals surface area contributed by atoms with Crippen LogP contribution in [0.3, 0.4) is 0 Å². The molecule has 0 radical (unpaired) electrons. The van der Waals surface area contributed by atoms with Gasteiger partial charge in [0.1, 0.15) is 11.6 Å². The fraction of sp³-hybridized carbons (Fsp3) is 0.211. The smallest absolute Gasteiger partial charge is 0.337 e. The maximum atomic E-state index is 11.4. The van der Waals surface area contributed by atoms with E-state index in [1.54, 1.807) is 24.3 Å².